The first-order chi connectivity index (χ1) is 11.0. The predicted octanol–water partition coefficient (Wildman–Crippen LogP) is 3.41. The van der Waals surface area contributed by atoms with Gasteiger partial charge in [-0.25, -0.2) is 4.79 Å². The molecule has 1 aliphatic rings. The molecule has 0 unspecified atom stereocenters. The van der Waals surface area contributed by atoms with Crippen LogP contribution in [-0.4, -0.2) is 29.4 Å². The van der Waals surface area contributed by atoms with Crippen molar-refractivity contribution in [2.24, 2.45) is 5.92 Å². The highest BCUT2D eigenvalue weighted by atomic mass is 32.2. The van der Waals surface area contributed by atoms with Crippen molar-refractivity contribution in [3.05, 3.63) is 29.8 Å². The number of carbonyl (C=O) groups is 2. The van der Waals surface area contributed by atoms with E-state index in [1.165, 1.54) is 0 Å². The van der Waals surface area contributed by atoms with Gasteiger partial charge >= 0.3 is 12.0 Å². The average molecular weight is 336 g/mol. The molecule has 0 bridgehead atoms. The molecule has 0 saturated heterocycles. The molecular weight excluding hydrogens is 312 g/mol. The number of carbonyl (C=O) groups excluding carboxylic acids is 1. The number of amides is 2. The molecule has 1 aliphatic carbocycles. The summed E-state index contributed by atoms with van der Waals surface area (Å²) in [6.07, 6.45) is 4.73. The van der Waals surface area contributed by atoms with Crippen LogP contribution < -0.4 is 10.6 Å². The van der Waals surface area contributed by atoms with E-state index in [1.807, 2.05) is 37.4 Å². The third-order valence-corrected chi connectivity index (χ3v) is 5.18. The fourth-order valence-electron chi connectivity index (χ4n) is 3.01. The minimum absolute atomic E-state index is 0.0635. The van der Waals surface area contributed by atoms with E-state index in [2.05, 4.69) is 10.6 Å². The lowest BCUT2D eigenvalue weighted by Crippen LogP contribution is -2.44. The van der Waals surface area contributed by atoms with Crippen molar-refractivity contribution in [2.75, 3.05) is 6.26 Å². The first-order valence-electron chi connectivity index (χ1n) is 7.94. The van der Waals surface area contributed by atoms with Crippen LogP contribution >= 0.6 is 11.8 Å². The van der Waals surface area contributed by atoms with Crippen molar-refractivity contribution >= 4 is 23.8 Å². The average Bonchev–Trinajstić information content (AvgIpc) is 2.55. The summed E-state index contributed by atoms with van der Waals surface area (Å²) in [5.41, 5.74) is 1.10. The van der Waals surface area contributed by atoms with E-state index in [9.17, 15) is 9.59 Å². The Morgan fingerprint density at radius 1 is 1.22 bits per heavy atom. The lowest BCUT2D eigenvalue weighted by atomic mass is 9.86. The Bertz CT molecular complexity index is 557. The van der Waals surface area contributed by atoms with Crippen LogP contribution in [-0.2, 0) is 4.79 Å². The van der Waals surface area contributed by atoms with Crippen molar-refractivity contribution in [3.63, 3.8) is 0 Å². The normalized spacial score (nSPS) is 22.2. The summed E-state index contributed by atoms with van der Waals surface area (Å²) in [7, 11) is 0. The predicted molar refractivity (Wildman–Crippen MR) is 91.7 cm³/mol. The molecule has 0 aromatic heterocycles. The summed E-state index contributed by atoms with van der Waals surface area (Å²) >= 11 is 1.66. The molecule has 3 N–H and O–H groups in total. The minimum Gasteiger partial charge on any atom is -0.481 e. The Balaban J connectivity index is 1.84. The fourth-order valence-corrected chi connectivity index (χ4v) is 3.71. The molecular formula is C17H24N2O3S. The minimum atomic E-state index is -0.727. The molecule has 1 atom stereocenters. The van der Waals surface area contributed by atoms with E-state index >= 15 is 0 Å². The van der Waals surface area contributed by atoms with Gasteiger partial charge in [0.1, 0.15) is 0 Å². The second-order valence-electron chi connectivity index (χ2n) is 5.97. The number of hydrogen-bond acceptors (Lipinski definition) is 3. The standard InChI is InChI=1S/C17H24N2O3S/c1-11(14-5-3-4-6-15(14)23-2)18-17(22)19-13-9-7-12(8-10-13)16(20)21/h3-6,11-13H,7-10H2,1-2H3,(H,20,21)(H2,18,19,22)/t11-,12?,13?/m1/s1. The first-order valence-corrected chi connectivity index (χ1v) is 9.16. The van der Waals surface area contributed by atoms with Gasteiger partial charge in [-0.2, -0.15) is 0 Å². The SMILES string of the molecule is CSc1ccccc1[C@@H](C)NC(=O)NC1CCC(C(=O)O)CC1. The van der Waals surface area contributed by atoms with Gasteiger partial charge in [0.05, 0.1) is 12.0 Å². The van der Waals surface area contributed by atoms with Crippen LogP contribution in [0.3, 0.4) is 0 Å². The third kappa shape index (κ3) is 4.89. The molecule has 0 heterocycles. The van der Waals surface area contributed by atoms with Crippen molar-refractivity contribution < 1.29 is 14.7 Å². The van der Waals surface area contributed by atoms with Crippen molar-refractivity contribution in [3.8, 4) is 0 Å². The summed E-state index contributed by atoms with van der Waals surface area (Å²) in [5.74, 6) is -0.987. The number of nitrogens with one attached hydrogen (secondary N) is 2. The van der Waals surface area contributed by atoms with Gasteiger partial charge in [0, 0.05) is 10.9 Å². The van der Waals surface area contributed by atoms with Gasteiger partial charge in [-0.1, -0.05) is 18.2 Å². The molecule has 6 heteroatoms. The van der Waals surface area contributed by atoms with Gasteiger partial charge in [-0.3, -0.25) is 4.79 Å². The second kappa shape index (κ2) is 8.24. The number of benzene rings is 1. The molecule has 1 saturated carbocycles. The number of carboxylic acid groups (broad SMARTS) is 1. The largest absolute Gasteiger partial charge is 0.481 e. The zero-order chi connectivity index (χ0) is 16.8. The first kappa shape index (κ1) is 17.7. The van der Waals surface area contributed by atoms with E-state index in [4.69, 9.17) is 5.11 Å². The summed E-state index contributed by atoms with van der Waals surface area (Å²) in [6.45, 7) is 1.97. The summed E-state index contributed by atoms with van der Waals surface area (Å²) in [4.78, 5) is 24.3. The van der Waals surface area contributed by atoms with Crippen LogP contribution in [0.2, 0.25) is 0 Å². The number of thioether (sulfide) groups is 1. The quantitative estimate of drug-likeness (QED) is 0.720. The molecule has 1 aromatic carbocycles. The van der Waals surface area contributed by atoms with E-state index in [0.717, 1.165) is 23.3 Å². The van der Waals surface area contributed by atoms with Gasteiger partial charge in [-0.15, -0.1) is 11.8 Å². The molecule has 2 rings (SSSR count). The molecule has 2 amide bonds. The van der Waals surface area contributed by atoms with Crippen LogP contribution in [0.15, 0.2) is 29.2 Å². The highest BCUT2D eigenvalue weighted by molar-refractivity contribution is 7.98. The van der Waals surface area contributed by atoms with Crippen molar-refractivity contribution in [2.45, 2.75) is 49.6 Å². The highest BCUT2D eigenvalue weighted by Gasteiger charge is 2.27. The topological polar surface area (TPSA) is 78.4 Å². The molecule has 0 radical (unpaired) electrons. The van der Waals surface area contributed by atoms with Crippen LogP contribution in [0.5, 0.6) is 0 Å². The van der Waals surface area contributed by atoms with Crippen molar-refractivity contribution in [1.82, 2.24) is 10.6 Å². The number of rotatable bonds is 5. The van der Waals surface area contributed by atoms with E-state index in [-0.39, 0.29) is 24.0 Å². The number of urea groups is 1. The summed E-state index contributed by atoms with van der Waals surface area (Å²) in [6, 6.07) is 7.83. The zero-order valence-corrected chi connectivity index (χ0v) is 14.4. The van der Waals surface area contributed by atoms with Gasteiger partial charge in [-0.05, 0) is 50.5 Å². The highest BCUT2D eigenvalue weighted by Crippen LogP contribution is 2.26. The molecule has 1 fully saturated rings. The fraction of sp³-hybridized carbons (Fsp3) is 0.529. The van der Waals surface area contributed by atoms with Gasteiger partial charge in [0.2, 0.25) is 0 Å². The summed E-state index contributed by atoms with van der Waals surface area (Å²) < 4.78 is 0. The molecule has 0 aliphatic heterocycles. The van der Waals surface area contributed by atoms with Crippen LogP contribution in [0.25, 0.3) is 0 Å². The maximum Gasteiger partial charge on any atom is 0.315 e. The van der Waals surface area contributed by atoms with Gasteiger partial charge < -0.3 is 15.7 Å². The summed E-state index contributed by atoms with van der Waals surface area (Å²) in [5, 5.41) is 14.9. The molecule has 0 spiro atoms. The number of carboxylic acids is 1. The molecule has 126 valence electrons. The third-order valence-electron chi connectivity index (χ3n) is 4.36. The zero-order valence-electron chi connectivity index (χ0n) is 13.5. The van der Waals surface area contributed by atoms with E-state index < -0.39 is 5.97 Å². The number of hydrogen-bond donors (Lipinski definition) is 3. The maximum absolute atomic E-state index is 12.2. The number of aliphatic carboxylic acids is 1. The molecule has 1 aromatic rings. The monoisotopic (exact) mass is 336 g/mol. The Hall–Kier alpha value is -1.69. The maximum atomic E-state index is 12.2. The lowest BCUT2D eigenvalue weighted by molar-refractivity contribution is -0.142. The Morgan fingerprint density at radius 2 is 1.87 bits per heavy atom. The van der Waals surface area contributed by atoms with Crippen LogP contribution in [0.4, 0.5) is 4.79 Å². The Labute approximate surface area is 141 Å². The Kier molecular flexibility index (Phi) is 6.33. The van der Waals surface area contributed by atoms with E-state index in [1.54, 1.807) is 11.8 Å². The smallest absolute Gasteiger partial charge is 0.315 e. The van der Waals surface area contributed by atoms with E-state index in [0.29, 0.717) is 12.8 Å². The van der Waals surface area contributed by atoms with Crippen molar-refractivity contribution in [1.29, 1.82) is 0 Å². The van der Waals surface area contributed by atoms with Gasteiger partial charge in [0.15, 0.2) is 0 Å². The molecule has 23 heavy (non-hydrogen) atoms. The Morgan fingerprint density at radius 3 is 2.48 bits per heavy atom. The lowest BCUT2D eigenvalue weighted by Gasteiger charge is -2.27. The van der Waals surface area contributed by atoms with Crippen LogP contribution in [0.1, 0.15) is 44.2 Å². The van der Waals surface area contributed by atoms with Gasteiger partial charge in [0.25, 0.3) is 0 Å². The molecule has 5 nitrogen and oxygen atoms in total. The van der Waals surface area contributed by atoms with Crippen LogP contribution in [0, 0.1) is 5.92 Å². The second-order valence-corrected chi connectivity index (χ2v) is 6.82.